The second-order valence-corrected chi connectivity index (χ2v) is 13.9. The molecule has 0 bridgehead atoms. The van der Waals surface area contributed by atoms with Gasteiger partial charge in [-0.15, -0.1) is 5.48 Å². The highest BCUT2D eigenvalue weighted by molar-refractivity contribution is 6.31. The van der Waals surface area contributed by atoms with Gasteiger partial charge >= 0.3 is 6.09 Å². The molecule has 20 nitrogen and oxygen atoms in total. The molecule has 8 N–H and O–H groups in total. The Bertz CT molecular complexity index is 2140. The first kappa shape index (κ1) is 41.9. The number of methoxy groups -OCH3 is 1. The van der Waals surface area contributed by atoms with Gasteiger partial charge in [-0.2, -0.15) is 0 Å². The number of nitro groups is 1. The van der Waals surface area contributed by atoms with E-state index in [-0.39, 0.29) is 72.0 Å². The van der Waals surface area contributed by atoms with Crippen LogP contribution in [-0.2, 0) is 32.1 Å². The lowest BCUT2D eigenvalue weighted by atomic mass is 9.72. The molecule has 310 valence electrons. The number of carbonyl (C=O) groups excluding carboxylic acids is 4. The van der Waals surface area contributed by atoms with Crippen LogP contribution in [-0.4, -0.2) is 116 Å². The van der Waals surface area contributed by atoms with E-state index in [4.69, 9.17) is 28.9 Å². The number of Topliss-reactive ketones (excluding diaryl/α,β-unsaturated/α-hetero) is 1. The second kappa shape index (κ2) is 17.0. The van der Waals surface area contributed by atoms with Crippen LogP contribution in [0.1, 0.15) is 80.8 Å². The number of ether oxygens (including phenoxy) is 4. The molecule has 3 aromatic carbocycles. The van der Waals surface area contributed by atoms with Crippen molar-refractivity contribution in [2.75, 3.05) is 26.9 Å². The molecule has 1 amide bonds. The number of fused-ring (bicyclic) bond motifs is 3. The van der Waals surface area contributed by atoms with Gasteiger partial charge in [-0.05, 0) is 19.1 Å². The van der Waals surface area contributed by atoms with Crippen LogP contribution in [0.4, 0.5) is 10.5 Å². The molecule has 3 aliphatic rings. The summed E-state index contributed by atoms with van der Waals surface area (Å²) in [7, 11) is 1.29. The van der Waals surface area contributed by atoms with Gasteiger partial charge in [-0.3, -0.25) is 24.5 Å². The normalized spacial score (nSPS) is 23.6. The van der Waals surface area contributed by atoms with E-state index in [0.29, 0.717) is 5.56 Å². The molecule has 20 heteroatoms. The molecule has 4 unspecified atom stereocenters. The number of nitrogens with zero attached hydrogens (tertiary/aromatic N) is 1. The Balaban J connectivity index is 1.23. The average Bonchev–Trinajstić information content (AvgIpc) is 3.20. The van der Waals surface area contributed by atoms with Crippen molar-refractivity contribution in [3.63, 3.8) is 0 Å². The Morgan fingerprint density at radius 2 is 1.79 bits per heavy atom. The van der Waals surface area contributed by atoms with Gasteiger partial charge in [-0.25, -0.2) is 4.79 Å². The van der Waals surface area contributed by atoms with Crippen molar-refractivity contribution < 1.29 is 78.5 Å². The van der Waals surface area contributed by atoms with Gasteiger partial charge in [0.25, 0.3) is 5.69 Å². The number of benzene rings is 3. The number of nitrogens with one attached hydrogen (secondary N) is 2. The van der Waals surface area contributed by atoms with Gasteiger partial charge < -0.3 is 59.7 Å². The molecule has 1 heterocycles. The first-order valence-electron chi connectivity index (χ1n) is 18.1. The summed E-state index contributed by atoms with van der Waals surface area (Å²) in [5, 5.41) is 78.3. The van der Waals surface area contributed by atoms with E-state index in [9.17, 15) is 54.8 Å². The van der Waals surface area contributed by atoms with Crippen LogP contribution in [0.25, 0.3) is 0 Å². The number of hydrogen-bond donors (Lipinski definition) is 8. The summed E-state index contributed by atoms with van der Waals surface area (Å²) in [5.41, 5.74) is -1.77. The predicted molar refractivity (Wildman–Crippen MR) is 194 cm³/mol. The number of non-ortho nitro benzene ring substituents is 1. The molecule has 1 aliphatic heterocycles. The van der Waals surface area contributed by atoms with E-state index in [1.807, 2.05) is 0 Å². The molecular weight excluding hydrogens is 770 g/mol. The molecule has 1 fully saturated rings. The summed E-state index contributed by atoms with van der Waals surface area (Å²) in [5.74, 6) is -4.19. The van der Waals surface area contributed by atoms with Crippen LogP contribution in [0.15, 0.2) is 36.4 Å². The number of hydroxylamine groups is 1. The lowest BCUT2D eigenvalue weighted by molar-refractivity contribution is -0.385. The van der Waals surface area contributed by atoms with E-state index in [1.165, 1.54) is 50.4 Å². The molecule has 1 saturated heterocycles. The SMILES string of the molecule is COc1cccc2c1C(=O)c1c(O)c3c(c(O)c1C2=O)C[C@@](O)(C(=O)CO)C[C@@H]3OC1CC(NOC(=O)NCc2ccc([N+](=O)[O-])cc2OCCCO)C(O)C(C)O1. The van der Waals surface area contributed by atoms with Crippen molar-refractivity contribution in [3.8, 4) is 23.0 Å². The largest absolute Gasteiger partial charge is 0.507 e. The van der Waals surface area contributed by atoms with Gasteiger partial charge in [0, 0.05) is 67.2 Å². The maximum atomic E-state index is 13.9. The summed E-state index contributed by atoms with van der Waals surface area (Å²) >= 11 is 0. The highest BCUT2D eigenvalue weighted by atomic mass is 16.7. The minimum Gasteiger partial charge on any atom is -0.507 e. The number of phenols is 2. The molecule has 0 radical (unpaired) electrons. The summed E-state index contributed by atoms with van der Waals surface area (Å²) in [6, 6.07) is 6.93. The first-order chi connectivity index (χ1) is 27.6. The molecule has 0 spiro atoms. The number of nitro benzene ring substituents is 1. The Labute approximate surface area is 329 Å². The van der Waals surface area contributed by atoms with Crippen molar-refractivity contribution in [3.05, 3.63) is 85.5 Å². The van der Waals surface area contributed by atoms with Crippen LogP contribution in [0.5, 0.6) is 23.0 Å². The predicted octanol–water partition coefficient (Wildman–Crippen LogP) is 1.14. The molecule has 2 aliphatic carbocycles. The van der Waals surface area contributed by atoms with Crippen LogP contribution < -0.4 is 20.3 Å². The van der Waals surface area contributed by atoms with Gasteiger partial charge in [0.1, 0.15) is 35.2 Å². The summed E-state index contributed by atoms with van der Waals surface area (Å²) < 4.78 is 22.9. The van der Waals surface area contributed by atoms with E-state index in [1.54, 1.807) is 0 Å². The lowest BCUT2D eigenvalue weighted by Gasteiger charge is -2.42. The number of ketones is 3. The van der Waals surface area contributed by atoms with Crippen molar-refractivity contribution in [2.45, 2.75) is 75.4 Å². The Kier molecular flexibility index (Phi) is 12.3. The molecule has 0 saturated carbocycles. The highest BCUT2D eigenvalue weighted by Crippen LogP contribution is 2.52. The molecule has 0 aromatic heterocycles. The smallest absolute Gasteiger partial charge is 0.426 e. The van der Waals surface area contributed by atoms with Gasteiger partial charge in [0.05, 0.1) is 65.8 Å². The minimum atomic E-state index is -2.39. The van der Waals surface area contributed by atoms with E-state index >= 15 is 0 Å². The summed E-state index contributed by atoms with van der Waals surface area (Å²) in [4.78, 5) is 69.1. The van der Waals surface area contributed by atoms with E-state index < -0.39 is 107 Å². The van der Waals surface area contributed by atoms with Crippen LogP contribution >= 0.6 is 0 Å². The molecular formula is C38H41N3O17. The van der Waals surface area contributed by atoms with Crippen molar-refractivity contribution in [2.24, 2.45) is 0 Å². The number of amides is 1. The standard InChI is InChI=1S/C38H41N3O17/c1-17-32(45)22(40-58-37(50)39-15-18-7-8-19(41(52)53)11-24(18)55-10-4-9-42)12-27(56-17)57-25-14-38(51,26(44)16-43)13-21-29(25)36(49)31-30(34(21)47)33(46)20-5-3-6-23(54-2)28(20)35(31)48/h3,5-8,11,17,22,25,27,32,40,42-43,45,47,49,51H,4,9-10,12-16H2,1-2H3,(H,39,50)/t17?,22?,25-,27?,32?,38-/m0/s1. The fraction of sp³-hybridized carbons (Fsp3) is 0.421. The highest BCUT2D eigenvalue weighted by Gasteiger charge is 2.50. The van der Waals surface area contributed by atoms with Crippen molar-refractivity contribution >= 4 is 29.1 Å². The third kappa shape index (κ3) is 7.90. The zero-order valence-electron chi connectivity index (χ0n) is 31.1. The fourth-order valence-corrected chi connectivity index (χ4v) is 7.35. The molecule has 58 heavy (non-hydrogen) atoms. The topological polar surface area (TPSA) is 303 Å². The van der Waals surface area contributed by atoms with Crippen LogP contribution in [0, 0.1) is 10.1 Å². The molecule has 3 aromatic rings. The maximum Gasteiger partial charge on any atom is 0.426 e. The zero-order chi connectivity index (χ0) is 42.1. The fourth-order valence-electron chi connectivity index (χ4n) is 7.35. The van der Waals surface area contributed by atoms with Gasteiger partial charge in [0.15, 0.2) is 17.9 Å². The number of carbonyl (C=O) groups is 4. The summed E-state index contributed by atoms with van der Waals surface area (Å²) in [6.45, 7) is 0.0298. The average molecular weight is 812 g/mol. The first-order valence-corrected chi connectivity index (χ1v) is 18.1. The second-order valence-electron chi connectivity index (χ2n) is 13.9. The van der Waals surface area contributed by atoms with Crippen LogP contribution in [0.3, 0.4) is 0 Å². The third-order valence-electron chi connectivity index (χ3n) is 10.3. The lowest BCUT2D eigenvalue weighted by Crippen LogP contribution is -2.55. The number of hydrogen-bond acceptors (Lipinski definition) is 18. The monoisotopic (exact) mass is 811 g/mol. The number of aromatic hydroxyl groups is 2. The minimum absolute atomic E-state index is 0.0331. The Hall–Kier alpha value is -5.74. The Morgan fingerprint density at radius 1 is 1.05 bits per heavy atom. The van der Waals surface area contributed by atoms with Crippen molar-refractivity contribution in [1.82, 2.24) is 10.8 Å². The van der Waals surface area contributed by atoms with Crippen LogP contribution in [0.2, 0.25) is 0 Å². The number of rotatable bonds is 14. The number of aliphatic hydroxyl groups excluding tert-OH is 3. The van der Waals surface area contributed by atoms with Gasteiger partial charge in [-0.1, -0.05) is 12.1 Å². The van der Waals surface area contributed by atoms with Gasteiger partial charge in [0.2, 0.25) is 5.78 Å². The Morgan fingerprint density at radius 3 is 2.48 bits per heavy atom. The quantitative estimate of drug-likeness (QED) is 0.0383. The number of phenolic OH excluding ortho intramolecular Hbond substituents is 2. The molecule has 6 atom stereocenters. The van der Waals surface area contributed by atoms with Crippen molar-refractivity contribution in [1.29, 1.82) is 0 Å². The molecule has 6 rings (SSSR count). The zero-order valence-corrected chi connectivity index (χ0v) is 31.1. The third-order valence-corrected chi connectivity index (χ3v) is 10.3. The van der Waals surface area contributed by atoms with E-state index in [0.717, 1.165) is 0 Å². The number of aliphatic hydroxyl groups is 4. The van der Waals surface area contributed by atoms with E-state index in [2.05, 4.69) is 10.8 Å². The summed E-state index contributed by atoms with van der Waals surface area (Å²) in [6.07, 6.45) is -7.50. The maximum absolute atomic E-state index is 13.9.